The van der Waals surface area contributed by atoms with Crippen LogP contribution in [-0.4, -0.2) is 86.1 Å². The summed E-state index contributed by atoms with van der Waals surface area (Å²) >= 11 is 0. The summed E-state index contributed by atoms with van der Waals surface area (Å²) in [5.74, 6) is -1.64. The molecular weight excluding hydrogens is 554 g/mol. The van der Waals surface area contributed by atoms with E-state index < -0.39 is 5.92 Å². The molecule has 5 aromatic heterocycles. The van der Waals surface area contributed by atoms with E-state index in [1.54, 1.807) is 16.9 Å². The number of aromatic nitrogens is 6. The van der Waals surface area contributed by atoms with Crippen molar-refractivity contribution >= 4 is 34.2 Å². The molecule has 1 saturated heterocycles. The molecule has 6 heterocycles. The van der Waals surface area contributed by atoms with E-state index in [1.165, 1.54) is 6.20 Å². The minimum Gasteiger partial charge on any atom is -0.354 e. The highest BCUT2D eigenvalue weighted by atomic mass is 19.3. The fourth-order valence-electron chi connectivity index (χ4n) is 5.74. The fourth-order valence-corrected chi connectivity index (χ4v) is 5.74. The Morgan fingerprint density at radius 2 is 1.93 bits per heavy atom. The Balaban J connectivity index is 1.02. The number of carbonyl (C=O) groups is 1. The number of rotatable bonds is 8. The number of hydrogen-bond acceptors (Lipinski definition) is 8. The molecule has 2 fully saturated rings. The van der Waals surface area contributed by atoms with Gasteiger partial charge in [0.15, 0.2) is 0 Å². The maximum Gasteiger partial charge on any atom is 0.255 e. The lowest BCUT2D eigenvalue weighted by Gasteiger charge is -2.34. The van der Waals surface area contributed by atoms with Crippen LogP contribution in [-0.2, 0) is 6.54 Å². The summed E-state index contributed by atoms with van der Waals surface area (Å²) in [5.41, 5.74) is 4.48. The van der Waals surface area contributed by atoms with Crippen molar-refractivity contribution < 1.29 is 13.6 Å². The second-order valence-corrected chi connectivity index (χ2v) is 11.5. The largest absolute Gasteiger partial charge is 0.354 e. The third kappa shape index (κ3) is 5.59. The molecule has 1 saturated carbocycles. The minimum absolute atomic E-state index is 0.187. The monoisotopic (exact) mass is 586 g/mol. The molecule has 3 N–H and O–H groups in total. The van der Waals surface area contributed by atoms with Crippen LogP contribution in [0.15, 0.2) is 55.2 Å². The van der Waals surface area contributed by atoms with Gasteiger partial charge in [0.05, 0.1) is 17.3 Å². The number of nitrogens with one attached hydrogen (secondary N) is 3. The van der Waals surface area contributed by atoms with Gasteiger partial charge in [-0.3, -0.25) is 4.79 Å². The zero-order valence-electron chi connectivity index (χ0n) is 23.7. The van der Waals surface area contributed by atoms with E-state index in [4.69, 9.17) is 0 Å². The Labute approximate surface area is 246 Å². The number of amides is 1. The van der Waals surface area contributed by atoms with Gasteiger partial charge in [-0.25, -0.2) is 23.3 Å². The number of H-pyrrole nitrogens is 1. The third-order valence-corrected chi connectivity index (χ3v) is 8.32. The molecule has 11 nitrogen and oxygen atoms in total. The van der Waals surface area contributed by atoms with E-state index in [-0.39, 0.29) is 31.2 Å². The van der Waals surface area contributed by atoms with Crippen molar-refractivity contribution in [2.24, 2.45) is 5.92 Å². The van der Waals surface area contributed by atoms with Crippen LogP contribution in [0.1, 0.15) is 28.8 Å². The number of anilines is 2. The molecule has 7 rings (SSSR count). The van der Waals surface area contributed by atoms with Gasteiger partial charge in [0.2, 0.25) is 11.9 Å². The molecule has 5 aromatic rings. The summed E-state index contributed by atoms with van der Waals surface area (Å²) in [6.07, 6.45) is 8.43. The molecule has 1 amide bonds. The fraction of sp³-hybridized carbons (Fsp3) is 0.367. The quantitative estimate of drug-likeness (QED) is 0.251. The zero-order valence-corrected chi connectivity index (χ0v) is 23.7. The molecule has 0 spiro atoms. The lowest BCUT2D eigenvalue weighted by Crippen LogP contribution is -2.44. The molecule has 0 atom stereocenters. The minimum atomic E-state index is -2.61. The number of likely N-dealkylation sites (N-methyl/N-ethyl adjacent to an activating group) is 1. The topological polar surface area (TPSA) is 119 Å². The van der Waals surface area contributed by atoms with Crippen LogP contribution in [0.25, 0.3) is 27.7 Å². The Morgan fingerprint density at radius 1 is 1.09 bits per heavy atom. The van der Waals surface area contributed by atoms with Crippen molar-refractivity contribution in [1.29, 1.82) is 0 Å². The second kappa shape index (κ2) is 10.9. The van der Waals surface area contributed by atoms with Crippen LogP contribution in [0.2, 0.25) is 0 Å². The average molecular weight is 587 g/mol. The van der Waals surface area contributed by atoms with Gasteiger partial charge in [-0.1, -0.05) is 6.07 Å². The van der Waals surface area contributed by atoms with Gasteiger partial charge in [0.25, 0.3) is 5.91 Å². The first kappa shape index (κ1) is 27.2. The predicted molar refractivity (Wildman–Crippen MR) is 159 cm³/mol. The smallest absolute Gasteiger partial charge is 0.255 e. The molecule has 2 aliphatic rings. The van der Waals surface area contributed by atoms with E-state index in [0.29, 0.717) is 29.2 Å². The number of alkyl halides is 2. The number of fused-ring (bicyclic) bond motifs is 2. The summed E-state index contributed by atoms with van der Waals surface area (Å²) in [6, 6.07) is 7.93. The van der Waals surface area contributed by atoms with Gasteiger partial charge in [0.1, 0.15) is 11.5 Å². The van der Waals surface area contributed by atoms with Crippen LogP contribution in [0.3, 0.4) is 0 Å². The van der Waals surface area contributed by atoms with E-state index in [0.717, 1.165) is 54.1 Å². The van der Waals surface area contributed by atoms with Crippen molar-refractivity contribution in [1.82, 2.24) is 39.8 Å². The van der Waals surface area contributed by atoms with Gasteiger partial charge in [0, 0.05) is 87.8 Å². The first-order valence-corrected chi connectivity index (χ1v) is 14.4. The van der Waals surface area contributed by atoms with E-state index in [9.17, 15) is 13.6 Å². The van der Waals surface area contributed by atoms with Crippen molar-refractivity contribution in [3.63, 3.8) is 0 Å². The highest BCUT2D eigenvalue weighted by molar-refractivity contribution is 6.02. The number of nitrogens with zero attached hydrogens (tertiary/aromatic N) is 7. The van der Waals surface area contributed by atoms with Gasteiger partial charge in [-0.05, 0) is 42.3 Å². The van der Waals surface area contributed by atoms with Crippen molar-refractivity contribution in [3.8, 4) is 11.1 Å². The molecule has 0 unspecified atom stereocenters. The normalized spacial score (nSPS) is 17.3. The Bertz CT molecular complexity index is 1770. The van der Waals surface area contributed by atoms with E-state index in [2.05, 4.69) is 64.6 Å². The number of pyridine rings is 2. The summed E-state index contributed by atoms with van der Waals surface area (Å²) in [6.45, 7) is 4.80. The maximum atomic E-state index is 13.1. The molecule has 1 aliphatic heterocycles. The predicted octanol–water partition coefficient (Wildman–Crippen LogP) is 3.81. The first-order chi connectivity index (χ1) is 20.8. The number of aromatic amines is 1. The number of hydrogen-bond donors (Lipinski definition) is 3. The van der Waals surface area contributed by atoms with Gasteiger partial charge < -0.3 is 25.4 Å². The molecule has 13 heteroatoms. The van der Waals surface area contributed by atoms with Gasteiger partial charge in [-0.15, -0.1) is 0 Å². The van der Waals surface area contributed by atoms with Crippen LogP contribution in [0.4, 0.5) is 20.5 Å². The van der Waals surface area contributed by atoms with Crippen LogP contribution >= 0.6 is 0 Å². The lowest BCUT2D eigenvalue weighted by atomic mass is 9.81. The number of piperazine rings is 1. The Morgan fingerprint density at radius 3 is 2.70 bits per heavy atom. The van der Waals surface area contributed by atoms with E-state index in [1.807, 2.05) is 24.5 Å². The zero-order chi connectivity index (χ0) is 29.6. The first-order valence-electron chi connectivity index (χ1n) is 14.4. The third-order valence-electron chi connectivity index (χ3n) is 8.32. The van der Waals surface area contributed by atoms with E-state index >= 15 is 0 Å². The summed E-state index contributed by atoms with van der Waals surface area (Å²) in [5, 5.41) is 11.2. The van der Waals surface area contributed by atoms with Crippen molar-refractivity contribution in [2.45, 2.75) is 25.3 Å². The van der Waals surface area contributed by atoms with Crippen LogP contribution < -0.4 is 15.5 Å². The highest BCUT2D eigenvalue weighted by Crippen LogP contribution is 2.41. The lowest BCUT2D eigenvalue weighted by molar-refractivity contribution is -0.108. The number of halogens is 2. The molecule has 1 aliphatic carbocycles. The SMILES string of the molecule is CN1CCN(c2ccc(CNc3ncc4c(-c5ccn6ncc(C(=O)NCC7CC(F)(F)C7)c6c5)c[nH]c4n3)cn2)CC1. The summed E-state index contributed by atoms with van der Waals surface area (Å²) in [7, 11) is 2.14. The molecule has 0 bridgehead atoms. The highest BCUT2D eigenvalue weighted by Gasteiger charge is 2.45. The van der Waals surface area contributed by atoms with Crippen LogP contribution in [0.5, 0.6) is 0 Å². The van der Waals surface area contributed by atoms with Gasteiger partial charge in [-0.2, -0.15) is 10.1 Å². The molecule has 0 radical (unpaired) electrons. The Kier molecular flexibility index (Phi) is 6.88. The second-order valence-electron chi connectivity index (χ2n) is 11.5. The Hall–Kier alpha value is -4.65. The average Bonchev–Trinajstić information content (AvgIpc) is 3.62. The number of carbonyl (C=O) groups excluding carboxylic acids is 1. The standard InChI is InChI=1S/C30H32F2N10O/c1-40-6-8-41(9-7-40)26-3-2-19(13-33-26)14-36-29-37-17-23-22(16-34-27(23)39-29)21-4-5-42-25(10-21)24(18-38-42)28(43)35-15-20-11-30(31,32)12-20/h2-5,10,13,16-18,20H,6-9,11-12,14-15H2,1H3,(H,35,43)(H2,34,36,37,39). The molecule has 222 valence electrons. The van der Waals surface area contributed by atoms with Crippen molar-refractivity contribution in [3.05, 3.63) is 66.4 Å². The van der Waals surface area contributed by atoms with Gasteiger partial charge >= 0.3 is 0 Å². The van der Waals surface area contributed by atoms with Crippen LogP contribution in [0, 0.1) is 5.92 Å². The molecular formula is C30H32F2N10O. The molecule has 0 aromatic carbocycles. The maximum absolute atomic E-state index is 13.1. The summed E-state index contributed by atoms with van der Waals surface area (Å²) < 4.78 is 27.9. The van der Waals surface area contributed by atoms with Crippen molar-refractivity contribution in [2.75, 3.05) is 50.0 Å². The summed E-state index contributed by atoms with van der Waals surface area (Å²) in [4.78, 5) is 34.5. The molecule has 43 heavy (non-hydrogen) atoms.